The zero-order valence-corrected chi connectivity index (χ0v) is 21.7. The number of ether oxygens (including phenoxy) is 1. The molecule has 2 aromatic heterocycles. The van der Waals surface area contributed by atoms with Gasteiger partial charge < -0.3 is 39.5 Å². The highest BCUT2D eigenvalue weighted by atomic mass is 35.5. The number of aliphatic hydroxyl groups excluding tert-OH is 2. The summed E-state index contributed by atoms with van der Waals surface area (Å²) in [5.41, 5.74) is 1.24. The lowest BCUT2D eigenvalue weighted by Gasteiger charge is -2.18. The minimum Gasteiger partial charge on any atom is -0.387 e. The Bertz CT molecular complexity index is 1390. The Hall–Kier alpha value is -1.96. The van der Waals surface area contributed by atoms with Crippen LogP contribution in [0.5, 0.6) is 0 Å². The summed E-state index contributed by atoms with van der Waals surface area (Å²) in [6, 6.07) is 7.24. The molecule has 0 spiro atoms. The zero-order valence-electron chi connectivity index (χ0n) is 19.1. The van der Waals surface area contributed by atoms with Crippen LogP contribution in [0.4, 0.5) is 10.1 Å². The van der Waals surface area contributed by atoms with Gasteiger partial charge in [-0.25, -0.2) is 13.9 Å². The maximum absolute atomic E-state index is 14.2. The van der Waals surface area contributed by atoms with E-state index < -0.39 is 64.0 Å². The molecular weight excluding hydrogens is 557 g/mol. The van der Waals surface area contributed by atoms with Crippen LogP contribution in [0.3, 0.4) is 0 Å². The number of fused-ring (bicyclic) bond motifs is 1. The van der Waals surface area contributed by atoms with Crippen molar-refractivity contribution in [2.75, 3.05) is 17.8 Å². The fraction of sp³-hybridized carbons (Fsp3) is 0.400. The molecule has 1 fully saturated rings. The fourth-order valence-corrected chi connectivity index (χ4v) is 6.74. The van der Waals surface area contributed by atoms with E-state index in [0.717, 1.165) is 0 Å². The first-order chi connectivity index (χ1) is 17.3. The Morgan fingerprint density at radius 3 is 2.62 bits per heavy atom. The molecule has 0 saturated carbocycles. The van der Waals surface area contributed by atoms with Gasteiger partial charge in [-0.2, -0.15) is 5.10 Å². The standard InChI is InChI=1S/C20H24ClFN4O9P2/c1-10(11-4-2-3-5-12(11)22)24-13-6-16(21)25-26-14(7-23-20(13)26)19-18(28)17(27)15(35-19)8-34-37(32,33)9-36(29,30)31/h2-7,10,15,17-19,24,27-28H,8-9H2,1H3,(H,32,33)(H2,29,30,31)/t10-,15+,17+,18?,19-/m0/s1. The molecule has 0 aliphatic carbocycles. The molecule has 1 aromatic carbocycles. The molecule has 13 nitrogen and oxygen atoms in total. The first kappa shape index (κ1) is 28.1. The molecule has 17 heteroatoms. The summed E-state index contributed by atoms with van der Waals surface area (Å²) in [7, 11) is -9.55. The first-order valence-corrected chi connectivity index (χ1v) is 14.8. The number of nitrogens with one attached hydrogen (secondary N) is 1. The molecule has 1 saturated heterocycles. The van der Waals surface area contributed by atoms with E-state index in [-0.39, 0.29) is 16.5 Å². The summed E-state index contributed by atoms with van der Waals surface area (Å²) < 4.78 is 48.8. The van der Waals surface area contributed by atoms with Crippen LogP contribution >= 0.6 is 26.8 Å². The van der Waals surface area contributed by atoms with Crippen LogP contribution in [-0.2, 0) is 18.4 Å². The summed E-state index contributed by atoms with van der Waals surface area (Å²) in [4.78, 5) is 31.8. The lowest BCUT2D eigenvalue weighted by atomic mass is 10.1. The van der Waals surface area contributed by atoms with E-state index in [1.54, 1.807) is 25.1 Å². The van der Waals surface area contributed by atoms with E-state index >= 15 is 0 Å². The van der Waals surface area contributed by atoms with Crippen molar-refractivity contribution in [3.8, 4) is 0 Å². The molecule has 6 atom stereocenters. The van der Waals surface area contributed by atoms with Gasteiger partial charge >= 0.3 is 15.2 Å². The van der Waals surface area contributed by atoms with Crippen molar-refractivity contribution in [1.29, 1.82) is 0 Å². The second-order valence-electron chi connectivity index (χ2n) is 8.50. The number of aromatic nitrogens is 3. The molecule has 37 heavy (non-hydrogen) atoms. The minimum absolute atomic E-state index is 0.0292. The normalized spacial score (nSPS) is 24.8. The summed E-state index contributed by atoms with van der Waals surface area (Å²) >= 11 is 6.20. The zero-order chi connectivity index (χ0) is 27.1. The van der Waals surface area contributed by atoms with Gasteiger partial charge in [0.25, 0.3) is 0 Å². The number of anilines is 1. The van der Waals surface area contributed by atoms with Crippen molar-refractivity contribution in [2.24, 2.45) is 0 Å². The number of halogens is 2. The molecule has 3 aromatic rings. The van der Waals surface area contributed by atoms with Gasteiger partial charge in [-0.05, 0) is 13.0 Å². The maximum atomic E-state index is 14.2. The van der Waals surface area contributed by atoms with E-state index in [1.165, 1.54) is 22.8 Å². The van der Waals surface area contributed by atoms with Crippen molar-refractivity contribution in [2.45, 2.75) is 37.4 Å². The monoisotopic (exact) mass is 580 g/mol. The number of rotatable bonds is 9. The van der Waals surface area contributed by atoms with Crippen LogP contribution < -0.4 is 5.32 Å². The van der Waals surface area contributed by atoms with Crippen LogP contribution in [0.1, 0.15) is 30.3 Å². The molecular formula is C20H24ClFN4O9P2. The molecule has 6 N–H and O–H groups in total. The van der Waals surface area contributed by atoms with Gasteiger partial charge in [0, 0.05) is 11.6 Å². The maximum Gasteiger partial charge on any atom is 0.340 e. The number of imidazole rings is 1. The second-order valence-corrected chi connectivity index (χ2v) is 12.9. The first-order valence-electron chi connectivity index (χ1n) is 10.8. The van der Waals surface area contributed by atoms with Crippen molar-refractivity contribution in [3.05, 3.63) is 58.8 Å². The van der Waals surface area contributed by atoms with Gasteiger partial charge in [0.15, 0.2) is 16.7 Å². The number of hydrogen-bond donors (Lipinski definition) is 6. The Morgan fingerprint density at radius 1 is 1.24 bits per heavy atom. The van der Waals surface area contributed by atoms with E-state index in [2.05, 4.69) is 15.4 Å². The average molecular weight is 581 g/mol. The molecule has 2 unspecified atom stereocenters. The average Bonchev–Trinajstić information content (AvgIpc) is 3.32. The lowest BCUT2D eigenvalue weighted by Crippen LogP contribution is -2.33. The van der Waals surface area contributed by atoms with Crippen molar-refractivity contribution in [3.63, 3.8) is 0 Å². The van der Waals surface area contributed by atoms with Gasteiger partial charge in [-0.3, -0.25) is 9.13 Å². The van der Waals surface area contributed by atoms with Gasteiger partial charge in [0.1, 0.15) is 30.2 Å². The Balaban J connectivity index is 1.56. The quantitative estimate of drug-likeness (QED) is 0.202. The third kappa shape index (κ3) is 6.37. The Labute approximate surface area is 214 Å². The number of nitrogens with zero attached hydrogens (tertiary/aromatic N) is 3. The number of aliphatic hydroxyl groups is 2. The van der Waals surface area contributed by atoms with Crippen molar-refractivity contribution in [1.82, 2.24) is 14.6 Å². The second kappa shape index (κ2) is 10.7. The topological polar surface area (TPSA) is 196 Å². The molecule has 3 heterocycles. The summed E-state index contributed by atoms with van der Waals surface area (Å²) in [5, 5.41) is 28.3. The predicted octanol–water partition coefficient (Wildman–Crippen LogP) is 2.19. The number of hydrogen-bond acceptors (Lipinski definition) is 9. The van der Waals surface area contributed by atoms with Crippen molar-refractivity contribution >= 4 is 38.1 Å². The molecule has 0 bridgehead atoms. The van der Waals surface area contributed by atoms with Gasteiger partial charge in [0.05, 0.1) is 30.2 Å². The summed E-state index contributed by atoms with van der Waals surface area (Å²) in [6.07, 6.45) is -4.33. The summed E-state index contributed by atoms with van der Waals surface area (Å²) in [5.74, 6) is -1.81. The third-order valence-corrected chi connectivity index (χ3v) is 9.31. The molecule has 202 valence electrons. The highest BCUT2D eigenvalue weighted by Crippen LogP contribution is 2.55. The Morgan fingerprint density at radius 2 is 1.95 bits per heavy atom. The summed E-state index contributed by atoms with van der Waals surface area (Å²) in [6.45, 7) is 1.00. The molecule has 0 radical (unpaired) electrons. The van der Waals surface area contributed by atoms with Gasteiger partial charge in [-0.15, -0.1) is 0 Å². The molecule has 4 rings (SSSR count). The Kier molecular flexibility index (Phi) is 8.08. The molecule has 1 aliphatic rings. The van der Waals surface area contributed by atoms with E-state index in [9.17, 15) is 28.6 Å². The predicted molar refractivity (Wildman–Crippen MR) is 129 cm³/mol. The van der Waals surface area contributed by atoms with Gasteiger partial charge in [-0.1, -0.05) is 29.8 Å². The van der Waals surface area contributed by atoms with Gasteiger partial charge in [0.2, 0.25) is 0 Å². The van der Waals surface area contributed by atoms with Crippen LogP contribution in [0.15, 0.2) is 36.5 Å². The fourth-order valence-electron chi connectivity index (χ4n) is 3.99. The van der Waals surface area contributed by atoms with Crippen LogP contribution in [0.2, 0.25) is 5.15 Å². The molecule has 0 amide bonds. The minimum atomic E-state index is -4.85. The third-order valence-electron chi connectivity index (χ3n) is 5.67. The van der Waals surface area contributed by atoms with Crippen LogP contribution in [0, 0.1) is 5.82 Å². The highest BCUT2D eigenvalue weighted by molar-refractivity contribution is 7.70. The van der Waals surface area contributed by atoms with Crippen LogP contribution in [-0.4, -0.2) is 70.3 Å². The van der Waals surface area contributed by atoms with E-state index in [0.29, 0.717) is 11.3 Å². The lowest BCUT2D eigenvalue weighted by molar-refractivity contribution is -0.0204. The van der Waals surface area contributed by atoms with E-state index in [1.807, 2.05) is 0 Å². The van der Waals surface area contributed by atoms with Crippen molar-refractivity contribution < 1.29 is 47.7 Å². The largest absolute Gasteiger partial charge is 0.387 e. The smallest absolute Gasteiger partial charge is 0.340 e. The number of benzene rings is 1. The van der Waals surface area contributed by atoms with Crippen LogP contribution in [0.25, 0.3) is 5.65 Å². The van der Waals surface area contributed by atoms with E-state index in [4.69, 9.17) is 30.6 Å². The highest BCUT2D eigenvalue weighted by Gasteiger charge is 2.46. The SMILES string of the molecule is C[C@H](Nc1cc(Cl)nn2c([C@@H]3O[C@H](COP(=O)(O)CP(=O)(O)O)[C@@H](O)C3O)cnc12)c1ccccc1F. The molecule has 1 aliphatic heterocycles.